The van der Waals surface area contributed by atoms with Crippen LogP contribution in [0.15, 0.2) is 18.3 Å². The Morgan fingerprint density at radius 3 is 2.79 bits per heavy atom. The van der Waals surface area contributed by atoms with Gasteiger partial charge in [0, 0.05) is 6.04 Å². The van der Waals surface area contributed by atoms with Crippen molar-refractivity contribution >= 4 is 5.82 Å². The predicted octanol–water partition coefficient (Wildman–Crippen LogP) is 2.69. The van der Waals surface area contributed by atoms with Crippen LogP contribution in [0.3, 0.4) is 0 Å². The standard InChI is InChI=1S/C11H18N2O/c1-4-5-9(2)13-11-7-6-10(14-3)8-12-11/h6-9H,4-5H2,1-3H3,(H,12,13). The number of hydrogen-bond acceptors (Lipinski definition) is 3. The number of ether oxygens (including phenoxy) is 1. The van der Waals surface area contributed by atoms with Crippen LogP contribution in [-0.4, -0.2) is 18.1 Å². The van der Waals surface area contributed by atoms with Crippen LogP contribution in [0.4, 0.5) is 5.82 Å². The van der Waals surface area contributed by atoms with Crippen molar-refractivity contribution in [1.82, 2.24) is 4.98 Å². The number of pyridine rings is 1. The molecule has 0 saturated carbocycles. The average Bonchev–Trinajstić information content (AvgIpc) is 2.19. The number of nitrogens with zero attached hydrogens (tertiary/aromatic N) is 1. The van der Waals surface area contributed by atoms with Gasteiger partial charge in [-0.3, -0.25) is 0 Å². The van der Waals surface area contributed by atoms with E-state index in [1.54, 1.807) is 13.3 Å². The summed E-state index contributed by atoms with van der Waals surface area (Å²) in [5, 5.41) is 3.33. The molecule has 0 fully saturated rings. The summed E-state index contributed by atoms with van der Waals surface area (Å²) in [6, 6.07) is 4.32. The Hall–Kier alpha value is -1.25. The topological polar surface area (TPSA) is 34.1 Å². The molecule has 1 heterocycles. The summed E-state index contributed by atoms with van der Waals surface area (Å²) in [6.07, 6.45) is 4.07. The SMILES string of the molecule is CCCC(C)Nc1ccc(OC)cn1. The van der Waals surface area contributed by atoms with E-state index in [0.29, 0.717) is 6.04 Å². The van der Waals surface area contributed by atoms with Gasteiger partial charge in [0.25, 0.3) is 0 Å². The molecule has 0 bridgehead atoms. The molecule has 0 radical (unpaired) electrons. The summed E-state index contributed by atoms with van der Waals surface area (Å²) in [7, 11) is 1.64. The second-order valence-electron chi connectivity index (χ2n) is 3.42. The molecule has 0 aliphatic carbocycles. The third kappa shape index (κ3) is 3.24. The molecule has 1 rings (SSSR count). The lowest BCUT2D eigenvalue weighted by Gasteiger charge is -2.13. The third-order valence-electron chi connectivity index (χ3n) is 2.09. The van der Waals surface area contributed by atoms with Gasteiger partial charge >= 0.3 is 0 Å². The summed E-state index contributed by atoms with van der Waals surface area (Å²) in [5.41, 5.74) is 0. The molecular formula is C11H18N2O. The molecule has 1 N–H and O–H groups in total. The van der Waals surface area contributed by atoms with Crippen LogP contribution in [-0.2, 0) is 0 Å². The second kappa shape index (κ2) is 5.47. The molecule has 0 spiro atoms. The fourth-order valence-electron chi connectivity index (χ4n) is 1.34. The lowest BCUT2D eigenvalue weighted by Crippen LogP contribution is -2.15. The van der Waals surface area contributed by atoms with E-state index in [1.165, 1.54) is 6.42 Å². The number of anilines is 1. The maximum absolute atomic E-state index is 5.03. The molecule has 78 valence electrons. The van der Waals surface area contributed by atoms with Crippen LogP contribution in [0.2, 0.25) is 0 Å². The minimum absolute atomic E-state index is 0.473. The number of hydrogen-bond donors (Lipinski definition) is 1. The highest BCUT2D eigenvalue weighted by atomic mass is 16.5. The minimum atomic E-state index is 0.473. The van der Waals surface area contributed by atoms with Gasteiger partial charge in [0.1, 0.15) is 11.6 Å². The molecule has 1 aromatic rings. The van der Waals surface area contributed by atoms with Crippen molar-refractivity contribution in [2.24, 2.45) is 0 Å². The summed E-state index contributed by atoms with van der Waals surface area (Å²) in [5.74, 6) is 1.70. The highest BCUT2D eigenvalue weighted by molar-refractivity contribution is 5.38. The number of methoxy groups -OCH3 is 1. The maximum atomic E-state index is 5.03. The number of nitrogens with one attached hydrogen (secondary N) is 1. The zero-order valence-electron chi connectivity index (χ0n) is 9.08. The van der Waals surface area contributed by atoms with Crippen molar-refractivity contribution in [2.45, 2.75) is 32.7 Å². The van der Waals surface area contributed by atoms with Gasteiger partial charge in [-0.15, -0.1) is 0 Å². The van der Waals surface area contributed by atoms with E-state index in [9.17, 15) is 0 Å². The normalized spacial score (nSPS) is 12.2. The lowest BCUT2D eigenvalue weighted by molar-refractivity contribution is 0.413. The first-order valence-electron chi connectivity index (χ1n) is 5.02. The molecule has 0 aliphatic rings. The predicted molar refractivity (Wildman–Crippen MR) is 58.8 cm³/mol. The van der Waals surface area contributed by atoms with Gasteiger partial charge < -0.3 is 10.1 Å². The van der Waals surface area contributed by atoms with Crippen LogP contribution in [0.5, 0.6) is 5.75 Å². The van der Waals surface area contributed by atoms with Crippen molar-refractivity contribution in [3.05, 3.63) is 18.3 Å². The Morgan fingerprint density at radius 1 is 1.50 bits per heavy atom. The van der Waals surface area contributed by atoms with Crippen LogP contribution < -0.4 is 10.1 Å². The van der Waals surface area contributed by atoms with Crippen molar-refractivity contribution in [3.8, 4) is 5.75 Å². The van der Waals surface area contributed by atoms with Crippen molar-refractivity contribution in [1.29, 1.82) is 0 Å². The zero-order chi connectivity index (χ0) is 10.4. The van der Waals surface area contributed by atoms with Crippen LogP contribution in [0.25, 0.3) is 0 Å². The Labute approximate surface area is 85.5 Å². The quantitative estimate of drug-likeness (QED) is 0.782. The first kappa shape index (κ1) is 10.8. The van der Waals surface area contributed by atoms with Gasteiger partial charge in [-0.2, -0.15) is 0 Å². The van der Waals surface area contributed by atoms with Gasteiger partial charge in [0.05, 0.1) is 13.3 Å². The van der Waals surface area contributed by atoms with Gasteiger partial charge in [0.2, 0.25) is 0 Å². The average molecular weight is 194 g/mol. The first-order chi connectivity index (χ1) is 6.76. The molecular weight excluding hydrogens is 176 g/mol. The molecule has 3 heteroatoms. The number of aromatic nitrogens is 1. The molecule has 3 nitrogen and oxygen atoms in total. The van der Waals surface area contributed by atoms with Crippen molar-refractivity contribution < 1.29 is 4.74 Å². The monoisotopic (exact) mass is 194 g/mol. The third-order valence-corrected chi connectivity index (χ3v) is 2.09. The van der Waals surface area contributed by atoms with E-state index in [1.807, 2.05) is 12.1 Å². The molecule has 1 unspecified atom stereocenters. The van der Waals surface area contributed by atoms with E-state index in [4.69, 9.17) is 4.74 Å². The summed E-state index contributed by atoms with van der Waals surface area (Å²) < 4.78 is 5.03. The first-order valence-corrected chi connectivity index (χ1v) is 5.02. The van der Waals surface area contributed by atoms with Crippen LogP contribution >= 0.6 is 0 Å². The van der Waals surface area contributed by atoms with E-state index in [2.05, 4.69) is 24.1 Å². The molecule has 1 aromatic heterocycles. The molecule has 0 aromatic carbocycles. The Balaban J connectivity index is 2.50. The number of rotatable bonds is 5. The molecule has 0 amide bonds. The molecule has 1 atom stereocenters. The van der Waals surface area contributed by atoms with Crippen LogP contribution in [0.1, 0.15) is 26.7 Å². The van der Waals surface area contributed by atoms with Gasteiger partial charge in [-0.1, -0.05) is 13.3 Å². The molecule has 0 saturated heterocycles. The van der Waals surface area contributed by atoms with Crippen LogP contribution in [0, 0.1) is 0 Å². The molecule has 14 heavy (non-hydrogen) atoms. The summed E-state index contributed by atoms with van der Waals surface area (Å²) in [4.78, 5) is 4.24. The Kier molecular flexibility index (Phi) is 4.23. The fraction of sp³-hybridized carbons (Fsp3) is 0.545. The smallest absolute Gasteiger partial charge is 0.137 e. The maximum Gasteiger partial charge on any atom is 0.137 e. The van der Waals surface area contributed by atoms with Gasteiger partial charge in [-0.25, -0.2) is 4.98 Å². The van der Waals surface area contributed by atoms with Crippen molar-refractivity contribution in [3.63, 3.8) is 0 Å². The summed E-state index contributed by atoms with van der Waals surface area (Å²) >= 11 is 0. The van der Waals surface area contributed by atoms with Crippen molar-refractivity contribution in [2.75, 3.05) is 12.4 Å². The van der Waals surface area contributed by atoms with E-state index >= 15 is 0 Å². The minimum Gasteiger partial charge on any atom is -0.495 e. The van der Waals surface area contributed by atoms with E-state index in [0.717, 1.165) is 18.0 Å². The Morgan fingerprint density at radius 2 is 2.29 bits per heavy atom. The van der Waals surface area contributed by atoms with E-state index in [-0.39, 0.29) is 0 Å². The zero-order valence-corrected chi connectivity index (χ0v) is 9.08. The fourth-order valence-corrected chi connectivity index (χ4v) is 1.34. The largest absolute Gasteiger partial charge is 0.495 e. The van der Waals surface area contributed by atoms with Gasteiger partial charge in [0.15, 0.2) is 0 Å². The van der Waals surface area contributed by atoms with Gasteiger partial charge in [-0.05, 0) is 25.5 Å². The summed E-state index contributed by atoms with van der Waals surface area (Å²) in [6.45, 7) is 4.34. The highest BCUT2D eigenvalue weighted by Gasteiger charge is 2.01. The Bertz CT molecular complexity index is 258. The second-order valence-corrected chi connectivity index (χ2v) is 3.42. The lowest BCUT2D eigenvalue weighted by atomic mass is 10.2. The highest BCUT2D eigenvalue weighted by Crippen LogP contribution is 2.12. The van der Waals surface area contributed by atoms with E-state index < -0.39 is 0 Å². The molecule has 0 aliphatic heterocycles.